The second kappa shape index (κ2) is 9.71. The summed E-state index contributed by atoms with van der Waals surface area (Å²) in [5.41, 5.74) is 6.55. The number of hydrogen-bond donors (Lipinski definition) is 0. The van der Waals surface area contributed by atoms with Crippen molar-refractivity contribution in [1.82, 2.24) is 4.57 Å². The zero-order chi connectivity index (χ0) is 25.4. The van der Waals surface area contributed by atoms with E-state index in [9.17, 15) is 4.79 Å². The van der Waals surface area contributed by atoms with Crippen LogP contribution in [0.2, 0.25) is 0 Å². The van der Waals surface area contributed by atoms with Crippen molar-refractivity contribution in [3.05, 3.63) is 133 Å². The van der Waals surface area contributed by atoms with Gasteiger partial charge in [-0.25, -0.2) is 4.99 Å². The average molecular weight is 507 g/mol. The summed E-state index contributed by atoms with van der Waals surface area (Å²) in [6, 6.07) is 24.0. The average Bonchev–Trinajstić information content (AvgIpc) is 3.25. The predicted molar refractivity (Wildman–Crippen MR) is 148 cm³/mol. The molecule has 0 bridgehead atoms. The maximum absolute atomic E-state index is 13.9. The number of benzene rings is 3. The van der Waals surface area contributed by atoms with Crippen LogP contribution in [0, 0.1) is 0 Å². The number of hydrogen-bond acceptors (Lipinski definition) is 5. The van der Waals surface area contributed by atoms with E-state index in [2.05, 4.69) is 36.9 Å². The number of nitrogens with zero attached hydrogens (tertiary/aromatic N) is 2. The van der Waals surface area contributed by atoms with Gasteiger partial charge in [0.05, 0.1) is 23.4 Å². The van der Waals surface area contributed by atoms with Crippen LogP contribution in [0.3, 0.4) is 0 Å². The second-order valence-corrected chi connectivity index (χ2v) is 10.1. The molecule has 2 aliphatic rings. The number of rotatable bonds is 6. The minimum atomic E-state index is -0.230. The molecule has 1 aliphatic heterocycles. The molecule has 2 heterocycles. The van der Waals surface area contributed by atoms with Crippen molar-refractivity contribution in [2.24, 2.45) is 4.99 Å². The molecule has 1 aliphatic carbocycles. The molecule has 4 aromatic rings. The Balaban J connectivity index is 1.53. The Morgan fingerprint density at radius 1 is 1.05 bits per heavy atom. The van der Waals surface area contributed by atoms with Gasteiger partial charge in [-0.05, 0) is 65.4 Å². The molecule has 0 spiro atoms. The molecule has 5 nitrogen and oxygen atoms in total. The molecule has 0 fully saturated rings. The van der Waals surface area contributed by atoms with Crippen LogP contribution in [-0.2, 0) is 6.42 Å². The zero-order valence-electron chi connectivity index (χ0n) is 20.5. The largest absolute Gasteiger partial charge is 0.497 e. The molecule has 0 saturated heterocycles. The summed E-state index contributed by atoms with van der Waals surface area (Å²) in [6.45, 7) is 4.14. The molecule has 3 aromatic carbocycles. The van der Waals surface area contributed by atoms with Gasteiger partial charge in [0.15, 0.2) is 4.80 Å². The molecule has 1 unspecified atom stereocenters. The molecule has 1 atom stereocenters. The number of ether oxygens (including phenoxy) is 2. The molecular formula is C31H26N2O3S. The van der Waals surface area contributed by atoms with E-state index in [1.807, 2.05) is 53.1 Å². The van der Waals surface area contributed by atoms with E-state index in [1.165, 1.54) is 22.5 Å². The summed E-state index contributed by atoms with van der Waals surface area (Å²) in [5, 5.41) is 0. The first-order chi connectivity index (χ1) is 18.2. The van der Waals surface area contributed by atoms with E-state index in [0.717, 1.165) is 46.7 Å². The summed E-state index contributed by atoms with van der Waals surface area (Å²) in [5.74, 6) is 1.54. The van der Waals surface area contributed by atoms with Gasteiger partial charge >= 0.3 is 0 Å². The number of fused-ring (bicyclic) bond motifs is 3. The van der Waals surface area contributed by atoms with Crippen molar-refractivity contribution in [3.63, 3.8) is 0 Å². The molecular weight excluding hydrogens is 480 g/mol. The maximum atomic E-state index is 13.9. The van der Waals surface area contributed by atoms with Crippen LogP contribution in [-0.4, -0.2) is 18.3 Å². The predicted octanol–water partition coefficient (Wildman–Crippen LogP) is 4.89. The fraction of sp³-hybridized carbons (Fsp3) is 0.161. The van der Waals surface area contributed by atoms with Gasteiger partial charge in [-0.2, -0.15) is 0 Å². The Bertz CT molecular complexity index is 1710. The molecule has 37 heavy (non-hydrogen) atoms. The van der Waals surface area contributed by atoms with Crippen molar-refractivity contribution >= 4 is 23.1 Å². The van der Waals surface area contributed by atoms with Gasteiger partial charge in [0.25, 0.3) is 5.56 Å². The molecule has 6 heteroatoms. The Labute approximate surface area is 219 Å². The van der Waals surface area contributed by atoms with Gasteiger partial charge in [-0.3, -0.25) is 9.36 Å². The topological polar surface area (TPSA) is 52.8 Å². The smallest absolute Gasteiger partial charge is 0.271 e. The van der Waals surface area contributed by atoms with Gasteiger partial charge in [0.2, 0.25) is 0 Å². The maximum Gasteiger partial charge on any atom is 0.271 e. The molecule has 0 amide bonds. The van der Waals surface area contributed by atoms with Gasteiger partial charge < -0.3 is 9.47 Å². The molecule has 0 saturated carbocycles. The normalized spacial score (nSPS) is 16.4. The fourth-order valence-electron chi connectivity index (χ4n) is 5.10. The quantitative estimate of drug-likeness (QED) is 0.350. The van der Waals surface area contributed by atoms with Crippen LogP contribution in [0.5, 0.6) is 11.5 Å². The van der Waals surface area contributed by atoms with Crippen LogP contribution in [0.15, 0.2) is 101 Å². The number of aryl methyl sites for hydroxylation is 1. The lowest BCUT2D eigenvalue weighted by Gasteiger charge is -2.31. The third-order valence-electron chi connectivity index (χ3n) is 6.83. The second-order valence-electron chi connectivity index (χ2n) is 9.06. The Kier molecular flexibility index (Phi) is 6.10. The van der Waals surface area contributed by atoms with Crippen LogP contribution in [0.25, 0.3) is 11.8 Å². The third kappa shape index (κ3) is 4.23. The standard InChI is InChI=1S/C31H26N2O3S/c1-3-17-36-23-14-11-20(12-15-23)18-27-30(34)33-29(22-8-6-9-24(19-22)35-2)26-16-13-21-7-4-5-10-25(21)28(26)32-31(33)37-27/h3-12,14-15,18-19,29H,1,13,16-17H2,2H3/b27-18+. The van der Waals surface area contributed by atoms with Crippen LogP contribution in [0.1, 0.15) is 34.7 Å². The van der Waals surface area contributed by atoms with Crippen molar-refractivity contribution in [2.75, 3.05) is 13.7 Å². The highest BCUT2D eigenvalue weighted by Gasteiger charge is 2.32. The lowest BCUT2D eigenvalue weighted by molar-refractivity contribution is 0.363. The molecule has 6 rings (SSSR count). The van der Waals surface area contributed by atoms with Gasteiger partial charge in [0, 0.05) is 5.56 Å². The zero-order valence-corrected chi connectivity index (χ0v) is 21.3. The van der Waals surface area contributed by atoms with Crippen LogP contribution < -0.4 is 24.4 Å². The van der Waals surface area contributed by atoms with Crippen molar-refractivity contribution in [2.45, 2.75) is 18.9 Å². The summed E-state index contributed by atoms with van der Waals surface area (Å²) in [4.78, 5) is 19.7. The summed E-state index contributed by atoms with van der Waals surface area (Å²) in [6.07, 6.45) is 5.43. The van der Waals surface area contributed by atoms with Gasteiger partial charge in [-0.1, -0.05) is 72.5 Å². The highest BCUT2D eigenvalue weighted by molar-refractivity contribution is 7.07. The van der Waals surface area contributed by atoms with E-state index in [-0.39, 0.29) is 11.6 Å². The highest BCUT2D eigenvalue weighted by atomic mass is 32.1. The van der Waals surface area contributed by atoms with E-state index < -0.39 is 0 Å². The first-order valence-electron chi connectivity index (χ1n) is 12.3. The molecule has 0 radical (unpaired) electrons. The van der Waals surface area contributed by atoms with E-state index in [1.54, 1.807) is 13.2 Å². The van der Waals surface area contributed by atoms with Crippen molar-refractivity contribution < 1.29 is 9.47 Å². The van der Waals surface area contributed by atoms with E-state index >= 15 is 0 Å². The number of methoxy groups -OCH3 is 1. The summed E-state index contributed by atoms with van der Waals surface area (Å²) < 4.78 is 13.6. The van der Waals surface area contributed by atoms with Crippen molar-refractivity contribution in [3.8, 4) is 11.5 Å². The third-order valence-corrected chi connectivity index (χ3v) is 7.81. The van der Waals surface area contributed by atoms with Gasteiger partial charge in [0.1, 0.15) is 18.1 Å². The highest BCUT2D eigenvalue weighted by Crippen LogP contribution is 2.41. The first kappa shape index (κ1) is 23.3. The lowest BCUT2D eigenvalue weighted by Crippen LogP contribution is -2.38. The minimum Gasteiger partial charge on any atom is -0.497 e. The SMILES string of the molecule is C=CCOc1ccc(/C=c2/sc3n(c2=O)C(c2cccc(OC)c2)C2=C(N=3)c3ccccc3CC2)cc1. The Morgan fingerprint density at radius 2 is 1.89 bits per heavy atom. The van der Waals surface area contributed by atoms with Gasteiger partial charge in [-0.15, -0.1) is 0 Å². The Hall–Kier alpha value is -4.16. The number of allylic oxidation sites excluding steroid dienone is 1. The lowest BCUT2D eigenvalue weighted by atomic mass is 9.83. The van der Waals surface area contributed by atoms with Crippen LogP contribution in [0.4, 0.5) is 0 Å². The van der Waals surface area contributed by atoms with E-state index in [0.29, 0.717) is 15.9 Å². The number of thiazole rings is 1. The monoisotopic (exact) mass is 506 g/mol. The molecule has 184 valence electrons. The van der Waals surface area contributed by atoms with Crippen LogP contribution >= 0.6 is 11.3 Å². The first-order valence-corrected chi connectivity index (χ1v) is 13.1. The van der Waals surface area contributed by atoms with Crippen molar-refractivity contribution in [1.29, 1.82) is 0 Å². The fourth-order valence-corrected chi connectivity index (χ4v) is 6.10. The number of aromatic nitrogens is 1. The van der Waals surface area contributed by atoms with E-state index in [4.69, 9.17) is 14.5 Å². The molecule has 1 aromatic heterocycles. The summed E-state index contributed by atoms with van der Waals surface area (Å²) in [7, 11) is 1.67. The summed E-state index contributed by atoms with van der Waals surface area (Å²) >= 11 is 1.43. The molecule has 0 N–H and O–H groups in total. The Morgan fingerprint density at radius 3 is 2.70 bits per heavy atom. The minimum absolute atomic E-state index is 0.0334.